The van der Waals surface area contributed by atoms with Gasteiger partial charge in [0.25, 0.3) is 0 Å². The van der Waals surface area contributed by atoms with Crippen molar-refractivity contribution in [2.75, 3.05) is 5.32 Å². The second-order valence-electron chi connectivity index (χ2n) is 5.44. The van der Waals surface area contributed by atoms with Gasteiger partial charge in [-0.3, -0.25) is 4.79 Å². The van der Waals surface area contributed by atoms with Gasteiger partial charge < -0.3 is 16.8 Å². The molecule has 1 unspecified atom stereocenters. The van der Waals surface area contributed by atoms with Crippen molar-refractivity contribution < 1.29 is 4.79 Å². The summed E-state index contributed by atoms with van der Waals surface area (Å²) in [5.41, 5.74) is 14.8. The molecule has 1 amide bonds. The van der Waals surface area contributed by atoms with Crippen molar-refractivity contribution in [1.29, 1.82) is 0 Å². The summed E-state index contributed by atoms with van der Waals surface area (Å²) >= 11 is 0. The van der Waals surface area contributed by atoms with Crippen LogP contribution in [0.2, 0.25) is 0 Å². The zero-order valence-corrected chi connectivity index (χ0v) is 10.3. The van der Waals surface area contributed by atoms with Crippen LogP contribution in [0.5, 0.6) is 0 Å². The molecule has 1 aliphatic rings. The summed E-state index contributed by atoms with van der Waals surface area (Å²) in [6, 6.07) is 5.79. The molecule has 17 heavy (non-hydrogen) atoms. The molecule has 1 heterocycles. The summed E-state index contributed by atoms with van der Waals surface area (Å²) < 4.78 is 0. The molecule has 1 aliphatic heterocycles. The number of carbonyl (C=O) groups is 1. The average Bonchev–Trinajstić information content (AvgIpc) is 2.53. The summed E-state index contributed by atoms with van der Waals surface area (Å²) in [6.45, 7) is 3.93. The Morgan fingerprint density at radius 1 is 1.47 bits per heavy atom. The van der Waals surface area contributed by atoms with Gasteiger partial charge in [-0.2, -0.15) is 0 Å². The maximum atomic E-state index is 11.2. The highest BCUT2D eigenvalue weighted by atomic mass is 16.1. The number of nitrogens with one attached hydrogen (secondary N) is 1. The van der Waals surface area contributed by atoms with E-state index in [4.69, 9.17) is 11.5 Å². The average molecular weight is 233 g/mol. The lowest BCUT2D eigenvalue weighted by atomic mass is 9.91. The van der Waals surface area contributed by atoms with Gasteiger partial charge in [0.1, 0.15) is 0 Å². The predicted octanol–water partition coefficient (Wildman–Crippen LogP) is 1.31. The van der Waals surface area contributed by atoms with E-state index in [1.807, 2.05) is 32.0 Å². The first-order valence-electron chi connectivity index (χ1n) is 5.82. The Balaban J connectivity index is 2.18. The molecular formula is C13H19N3O. The Kier molecular flexibility index (Phi) is 2.93. The van der Waals surface area contributed by atoms with E-state index in [0.717, 1.165) is 16.8 Å². The monoisotopic (exact) mass is 233 g/mol. The highest BCUT2D eigenvalue weighted by Crippen LogP contribution is 2.28. The zero-order valence-electron chi connectivity index (χ0n) is 10.3. The van der Waals surface area contributed by atoms with Crippen LogP contribution >= 0.6 is 0 Å². The summed E-state index contributed by atoms with van der Waals surface area (Å²) in [5, 5.41) is 2.81. The minimum absolute atomic E-state index is 0.0462. The first-order chi connectivity index (χ1) is 7.85. The van der Waals surface area contributed by atoms with E-state index in [-0.39, 0.29) is 17.5 Å². The lowest BCUT2D eigenvalue weighted by molar-refractivity contribution is -0.115. The van der Waals surface area contributed by atoms with Gasteiger partial charge >= 0.3 is 0 Å². The van der Waals surface area contributed by atoms with Crippen LogP contribution in [0.3, 0.4) is 0 Å². The number of hydrogen-bond donors (Lipinski definition) is 3. The fourth-order valence-corrected chi connectivity index (χ4v) is 2.16. The molecule has 0 saturated carbocycles. The topological polar surface area (TPSA) is 81.1 Å². The Morgan fingerprint density at radius 2 is 2.18 bits per heavy atom. The molecule has 0 spiro atoms. The molecule has 2 rings (SSSR count). The Hall–Kier alpha value is -1.39. The third kappa shape index (κ3) is 2.84. The molecule has 4 nitrogen and oxygen atoms in total. The lowest BCUT2D eigenvalue weighted by Crippen LogP contribution is -2.35. The standard InChI is InChI=1S/C13H19N3O/c1-13(2,15)7-10(14)8-3-4-11-9(5-8)6-12(17)16-11/h3-5,10H,6-7,14-15H2,1-2H3,(H,16,17). The molecule has 0 bridgehead atoms. The van der Waals surface area contributed by atoms with E-state index in [2.05, 4.69) is 5.32 Å². The van der Waals surface area contributed by atoms with Crippen LogP contribution in [-0.4, -0.2) is 11.4 Å². The van der Waals surface area contributed by atoms with Crippen LogP contribution in [0.25, 0.3) is 0 Å². The van der Waals surface area contributed by atoms with E-state index >= 15 is 0 Å². The van der Waals surface area contributed by atoms with E-state index in [1.54, 1.807) is 0 Å². The van der Waals surface area contributed by atoms with Crippen LogP contribution in [-0.2, 0) is 11.2 Å². The van der Waals surface area contributed by atoms with Crippen molar-refractivity contribution in [3.05, 3.63) is 29.3 Å². The zero-order chi connectivity index (χ0) is 12.6. The van der Waals surface area contributed by atoms with Crippen LogP contribution in [0.4, 0.5) is 5.69 Å². The highest BCUT2D eigenvalue weighted by Gasteiger charge is 2.21. The maximum absolute atomic E-state index is 11.2. The smallest absolute Gasteiger partial charge is 0.228 e. The molecule has 92 valence electrons. The third-order valence-electron chi connectivity index (χ3n) is 2.93. The molecule has 0 aliphatic carbocycles. The number of carbonyl (C=O) groups excluding carboxylic acids is 1. The van der Waals surface area contributed by atoms with Gasteiger partial charge in [-0.05, 0) is 37.5 Å². The van der Waals surface area contributed by atoms with Crippen molar-refractivity contribution in [1.82, 2.24) is 0 Å². The molecule has 0 radical (unpaired) electrons. The fourth-order valence-electron chi connectivity index (χ4n) is 2.16. The van der Waals surface area contributed by atoms with Gasteiger partial charge in [-0.25, -0.2) is 0 Å². The van der Waals surface area contributed by atoms with E-state index in [0.29, 0.717) is 12.8 Å². The largest absolute Gasteiger partial charge is 0.326 e. The number of benzene rings is 1. The van der Waals surface area contributed by atoms with Crippen molar-refractivity contribution in [3.8, 4) is 0 Å². The Bertz CT molecular complexity index is 448. The first-order valence-corrected chi connectivity index (χ1v) is 5.82. The van der Waals surface area contributed by atoms with E-state index in [9.17, 15) is 4.79 Å². The molecule has 1 aromatic rings. The van der Waals surface area contributed by atoms with E-state index < -0.39 is 0 Å². The molecule has 1 atom stereocenters. The summed E-state index contributed by atoms with van der Waals surface area (Å²) in [7, 11) is 0. The van der Waals surface area contributed by atoms with Crippen molar-refractivity contribution in [2.24, 2.45) is 11.5 Å². The number of anilines is 1. The van der Waals surface area contributed by atoms with Gasteiger partial charge in [-0.1, -0.05) is 12.1 Å². The van der Waals surface area contributed by atoms with Crippen LogP contribution in [0, 0.1) is 0 Å². The van der Waals surface area contributed by atoms with Gasteiger partial charge in [-0.15, -0.1) is 0 Å². The van der Waals surface area contributed by atoms with Crippen LogP contribution < -0.4 is 16.8 Å². The molecule has 4 heteroatoms. The van der Waals surface area contributed by atoms with Crippen molar-refractivity contribution in [3.63, 3.8) is 0 Å². The normalized spacial score (nSPS) is 16.6. The number of rotatable bonds is 3. The summed E-state index contributed by atoms with van der Waals surface area (Å²) in [4.78, 5) is 11.2. The molecule has 1 aromatic carbocycles. The number of hydrogen-bond acceptors (Lipinski definition) is 3. The number of fused-ring (bicyclic) bond motifs is 1. The minimum atomic E-state index is -0.285. The fraction of sp³-hybridized carbons (Fsp3) is 0.462. The Morgan fingerprint density at radius 3 is 2.82 bits per heavy atom. The minimum Gasteiger partial charge on any atom is -0.326 e. The van der Waals surface area contributed by atoms with Gasteiger partial charge in [0.15, 0.2) is 0 Å². The van der Waals surface area contributed by atoms with Gasteiger partial charge in [0, 0.05) is 17.3 Å². The SMILES string of the molecule is CC(C)(N)CC(N)c1ccc2c(c1)CC(=O)N2. The van der Waals surface area contributed by atoms with Crippen LogP contribution in [0.15, 0.2) is 18.2 Å². The first kappa shape index (κ1) is 12.1. The Labute approximate surface area is 101 Å². The highest BCUT2D eigenvalue weighted by molar-refractivity contribution is 5.99. The number of nitrogens with two attached hydrogens (primary N) is 2. The summed E-state index contributed by atoms with van der Waals surface area (Å²) in [5.74, 6) is 0.0462. The molecular weight excluding hydrogens is 214 g/mol. The third-order valence-corrected chi connectivity index (χ3v) is 2.93. The predicted molar refractivity (Wildman–Crippen MR) is 68.6 cm³/mol. The number of amides is 1. The maximum Gasteiger partial charge on any atom is 0.228 e. The van der Waals surface area contributed by atoms with Gasteiger partial charge in [0.05, 0.1) is 6.42 Å². The van der Waals surface area contributed by atoms with Gasteiger partial charge in [0.2, 0.25) is 5.91 Å². The quantitative estimate of drug-likeness (QED) is 0.736. The lowest BCUT2D eigenvalue weighted by Gasteiger charge is -2.23. The van der Waals surface area contributed by atoms with Crippen molar-refractivity contribution >= 4 is 11.6 Å². The van der Waals surface area contributed by atoms with E-state index in [1.165, 1.54) is 0 Å². The second kappa shape index (κ2) is 4.13. The molecule has 0 saturated heterocycles. The second-order valence-corrected chi connectivity index (χ2v) is 5.44. The van der Waals surface area contributed by atoms with Crippen molar-refractivity contribution in [2.45, 2.75) is 38.3 Å². The summed E-state index contributed by atoms with van der Waals surface area (Å²) in [6.07, 6.45) is 1.16. The molecule has 5 N–H and O–H groups in total. The van der Waals surface area contributed by atoms with Crippen LogP contribution in [0.1, 0.15) is 37.4 Å². The molecule has 0 aromatic heterocycles. The molecule has 0 fully saturated rings.